The summed E-state index contributed by atoms with van der Waals surface area (Å²) < 4.78 is 1.08. The highest BCUT2D eigenvalue weighted by Gasteiger charge is 2.30. The van der Waals surface area contributed by atoms with Gasteiger partial charge in [0.1, 0.15) is 12.4 Å². The van der Waals surface area contributed by atoms with Gasteiger partial charge < -0.3 is 15.3 Å². The van der Waals surface area contributed by atoms with Crippen LogP contribution in [0.1, 0.15) is 30.5 Å². The lowest BCUT2D eigenvalue weighted by molar-refractivity contribution is -0.143. The van der Waals surface area contributed by atoms with Gasteiger partial charge in [0.15, 0.2) is 0 Å². The molecule has 2 heterocycles. The summed E-state index contributed by atoms with van der Waals surface area (Å²) in [4.78, 5) is 55.9. The SMILES string of the molecule is NNC(=O)n1cnc(C[C@H](NC(=O)C(CC(=O)N2CCCC2)Cc2cccc3ccccc23)C(=O)O)c1. The molecule has 4 rings (SSSR count). The standard InChI is InChI=1S/C26H30N6O5/c27-30-26(37)32-15-20(28-16-32)14-22(25(35)36)29-24(34)19(13-23(33)31-10-3-4-11-31)12-18-8-5-7-17-6-1-2-9-21(17)18/h1-2,5-9,15-16,19,22H,3-4,10-14,27H2,(H,29,34)(H,30,37)(H,35,36)/t19?,22-/m0/s1. The number of fused-ring (bicyclic) bond motifs is 1. The van der Waals surface area contributed by atoms with Gasteiger partial charge >= 0.3 is 12.0 Å². The molecule has 1 fully saturated rings. The molecule has 3 aromatic rings. The Morgan fingerprint density at radius 1 is 1.03 bits per heavy atom. The van der Waals surface area contributed by atoms with Crippen molar-refractivity contribution in [2.24, 2.45) is 11.8 Å². The molecule has 1 aliphatic rings. The Morgan fingerprint density at radius 3 is 2.49 bits per heavy atom. The van der Waals surface area contributed by atoms with E-state index in [4.69, 9.17) is 5.84 Å². The maximum atomic E-state index is 13.4. The summed E-state index contributed by atoms with van der Waals surface area (Å²) in [5, 5.41) is 14.4. The molecule has 3 amide bonds. The maximum absolute atomic E-state index is 13.4. The Kier molecular flexibility index (Phi) is 8.14. The summed E-state index contributed by atoms with van der Waals surface area (Å²) in [6.45, 7) is 1.33. The third kappa shape index (κ3) is 6.31. The second kappa shape index (κ2) is 11.7. The number of amides is 3. The van der Waals surface area contributed by atoms with Gasteiger partial charge in [0.25, 0.3) is 0 Å². The van der Waals surface area contributed by atoms with Gasteiger partial charge in [-0.3, -0.25) is 19.6 Å². The normalized spacial score (nSPS) is 14.8. The Bertz CT molecular complexity index is 1290. The third-order valence-electron chi connectivity index (χ3n) is 6.62. The summed E-state index contributed by atoms with van der Waals surface area (Å²) in [5.41, 5.74) is 3.15. The van der Waals surface area contributed by atoms with Crippen molar-refractivity contribution in [1.82, 2.24) is 25.2 Å². The molecule has 11 nitrogen and oxygen atoms in total. The molecule has 1 aromatic heterocycles. The van der Waals surface area contributed by atoms with E-state index >= 15 is 0 Å². The average Bonchev–Trinajstić information content (AvgIpc) is 3.60. The molecule has 194 valence electrons. The number of carboxylic acid groups (broad SMARTS) is 1. The van der Waals surface area contributed by atoms with E-state index in [2.05, 4.69) is 10.3 Å². The van der Waals surface area contributed by atoms with E-state index in [1.165, 1.54) is 12.5 Å². The van der Waals surface area contributed by atoms with Gasteiger partial charge in [-0.2, -0.15) is 0 Å². The van der Waals surface area contributed by atoms with Crippen molar-refractivity contribution in [2.45, 2.75) is 38.1 Å². The zero-order valence-electron chi connectivity index (χ0n) is 20.3. The highest BCUT2D eigenvalue weighted by molar-refractivity contribution is 5.90. The molecule has 2 atom stereocenters. The fourth-order valence-corrected chi connectivity index (χ4v) is 4.65. The highest BCUT2D eigenvalue weighted by atomic mass is 16.4. The number of hydrogen-bond donors (Lipinski definition) is 4. The van der Waals surface area contributed by atoms with Gasteiger partial charge in [-0.15, -0.1) is 0 Å². The molecule has 0 spiro atoms. The molecule has 0 bridgehead atoms. The average molecular weight is 507 g/mol. The second-order valence-electron chi connectivity index (χ2n) is 9.16. The number of benzene rings is 2. The minimum Gasteiger partial charge on any atom is -0.480 e. The van der Waals surface area contributed by atoms with Crippen LogP contribution in [0.25, 0.3) is 10.8 Å². The number of carbonyl (C=O) groups excluding carboxylic acids is 3. The van der Waals surface area contributed by atoms with Gasteiger partial charge in [0.05, 0.1) is 11.6 Å². The van der Waals surface area contributed by atoms with Crippen LogP contribution < -0.4 is 16.6 Å². The lowest BCUT2D eigenvalue weighted by atomic mass is 9.91. The van der Waals surface area contributed by atoms with Crippen LogP contribution in [0.15, 0.2) is 55.0 Å². The van der Waals surface area contributed by atoms with E-state index in [9.17, 15) is 24.3 Å². The number of carbonyl (C=O) groups is 4. The number of aromatic nitrogens is 2. The zero-order chi connectivity index (χ0) is 26.4. The van der Waals surface area contributed by atoms with Gasteiger partial charge in [0, 0.05) is 32.1 Å². The molecule has 2 aromatic carbocycles. The van der Waals surface area contributed by atoms with Crippen molar-refractivity contribution in [3.63, 3.8) is 0 Å². The number of imidazole rings is 1. The largest absolute Gasteiger partial charge is 0.480 e. The van der Waals surface area contributed by atoms with Crippen molar-refractivity contribution in [3.05, 3.63) is 66.2 Å². The van der Waals surface area contributed by atoms with Crippen LogP contribution in [0, 0.1) is 5.92 Å². The third-order valence-corrected chi connectivity index (χ3v) is 6.62. The number of nitrogens with two attached hydrogens (primary N) is 1. The van der Waals surface area contributed by atoms with E-state index in [-0.39, 0.29) is 30.9 Å². The van der Waals surface area contributed by atoms with E-state index < -0.39 is 29.9 Å². The molecule has 1 saturated heterocycles. The molecule has 1 aliphatic heterocycles. The van der Waals surface area contributed by atoms with Crippen LogP contribution in [0.4, 0.5) is 4.79 Å². The maximum Gasteiger partial charge on any atom is 0.340 e. The van der Waals surface area contributed by atoms with Crippen molar-refractivity contribution in [2.75, 3.05) is 13.1 Å². The minimum atomic E-state index is -1.30. The Hall–Kier alpha value is -4.25. The van der Waals surface area contributed by atoms with Crippen molar-refractivity contribution in [3.8, 4) is 0 Å². The summed E-state index contributed by atoms with van der Waals surface area (Å²) in [7, 11) is 0. The lowest BCUT2D eigenvalue weighted by Crippen LogP contribution is -2.46. The van der Waals surface area contributed by atoms with Crippen molar-refractivity contribution < 1.29 is 24.3 Å². The number of hydrazine groups is 1. The van der Waals surface area contributed by atoms with Crippen LogP contribution in [0.2, 0.25) is 0 Å². The van der Waals surface area contributed by atoms with Gasteiger partial charge in [-0.05, 0) is 35.6 Å². The Labute approximate surface area is 213 Å². The first-order valence-electron chi connectivity index (χ1n) is 12.2. The van der Waals surface area contributed by atoms with Crippen molar-refractivity contribution in [1.29, 1.82) is 0 Å². The number of hydrogen-bond acceptors (Lipinski definition) is 6. The van der Waals surface area contributed by atoms with E-state index in [0.29, 0.717) is 13.1 Å². The van der Waals surface area contributed by atoms with Crippen LogP contribution in [0.5, 0.6) is 0 Å². The lowest BCUT2D eigenvalue weighted by Gasteiger charge is -2.23. The second-order valence-corrected chi connectivity index (χ2v) is 9.16. The molecular weight excluding hydrogens is 476 g/mol. The number of likely N-dealkylation sites (tertiary alicyclic amines) is 1. The van der Waals surface area contributed by atoms with E-state index in [1.54, 1.807) is 4.90 Å². The number of nitrogen functional groups attached to an aromatic ring is 1. The topological polar surface area (TPSA) is 160 Å². The molecule has 0 saturated carbocycles. The van der Waals surface area contributed by atoms with Gasteiger partial charge in [-0.25, -0.2) is 20.4 Å². The van der Waals surface area contributed by atoms with Crippen LogP contribution in [-0.4, -0.2) is 62.5 Å². The van der Waals surface area contributed by atoms with Crippen LogP contribution >= 0.6 is 0 Å². The monoisotopic (exact) mass is 506 g/mol. The van der Waals surface area contributed by atoms with E-state index in [1.807, 2.05) is 47.9 Å². The number of carboxylic acids is 1. The summed E-state index contributed by atoms with van der Waals surface area (Å²) in [6.07, 6.45) is 4.53. The van der Waals surface area contributed by atoms with E-state index in [0.717, 1.165) is 33.7 Å². The van der Waals surface area contributed by atoms with Crippen molar-refractivity contribution >= 4 is 34.6 Å². The van der Waals surface area contributed by atoms with Gasteiger partial charge in [-0.1, -0.05) is 42.5 Å². The number of aliphatic carboxylic acids is 1. The molecule has 37 heavy (non-hydrogen) atoms. The summed E-state index contributed by atoms with van der Waals surface area (Å²) >= 11 is 0. The summed E-state index contributed by atoms with van der Waals surface area (Å²) in [6, 6.07) is 11.7. The summed E-state index contributed by atoms with van der Waals surface area (Å²) in [5.74, 6) is 2.47. The molecule has 5 N–H and O–H groups in total. The van der Waals surface area contributed by atoms with Gasteiger partial charge in [0.2, 0.25) is 11.8 Å². The Morgan fingerprint density at radius 2 is 1.76 bits per heavy atom. The number of rotatable bonds is 9. The smallest absolute Gasteiger partial charge is 0.340 e. The minimum absolute atomic E-state index is 0.0211. The predicted octanol–water partition coefficient (Wildman–Crippen LogP) is 1.45. The first-order chi connectivity index (χ1) is 17.9. The molecule has 0 aliphatic carbocycles. The molecular formula is C26H30N6O5. The predicted molar refractivity (Wildman–Crippen MR) is 135 cm³/mol. The fourth-order valence-electron chi connectivity index (χ4n) is 4.65. The first-order valence-corrected chi connectivity index (χ1v) is 12.2. The molecule has 0 radical (unpaired) electrons. The number of nitrogens with one attached hydrogen (secondary N) is 2. The molecule has 11 heteroatoms. The molecule has 1 unspecified atom stereocenters. The van der Waals surface area contributed by atoms with Crippen LogP contribution in [-0.2, 0) is 27.2 Å². The first kappa shape index (κ1) is 25.8. The quantitative estimate of drug-likeness (QED) is 0.194. The fraction of sp³-hybridized carbons (Fsp3) is 0.346. The Balaban J connectivity index is 1.54. The zero-order valence-corrected chi connectivity index (χ0v) is 20.3. The highest BCUT2D eigenvalue weighted by Crippen LogP contribution is 2.24. The number of nitrogens with zero attached hydrogens (tertiary/aromatic N) is 3. The van der Waals surface area contributed by atoms with Crippen LogP contribution in [0.3, 0.4) is 0 Å².